The van der Waals surface area contributed by atoms with Crippen molar-refractivity contribution in [1.29, 1.82) is 5.26 Å². The third-order valence-corrected chi connectivity index (χ3v) is 6.61. The number of amides is 1. The van der Waals surface area contributed by atoms with Crippen molar-refractivity contribution < 1.29 is 4.79 Å². The van der Waals surface area contributed by atoms with Gasteiger partial charge in [-0.15, -0.1) is 0 Å². The summed E-state index contributed by atoms with van der Waals surface area (Å²) in [5.41, 5.74) is 5.91. The summed E-state index contributed by atoms with van der Waals surface area (Å²) in [6.07, 6.45) is 2.72. The van der Waals surface area contributed by atoms with Crippen molar-refractivity contribution in [3.05, 3.63) is 63.2 Å². The lowest BCUT2D eigenvalue weighted by molar-refractivity contribution is -0.112. The van der Waals surface area contributed by atoms with Crippen molar-refractivity contribution in [2.45, 2.75) is 52.5 Å². The standard InChI is InChI=1S/C25H28ClN3O/c1-15-10-23-20(16(2)13-25(4,5)29(23)6)12-18(15)11-19(14-27)24(30)28-22-9-7-8-21(26)17(22)3/h7-12,16H,13H2,1-6H3,(H,28,30)/b19-11-/t16-/m1/s1. The number of carbonyl (C=O) groups excluding carboxylic acids is 1. The molecular formula is C25H28ClN3O. The zero-order valence-corrected chi connectivity index (χ0v) is 19.2. The molecule has 1 amide bonds. The van der Waals surface area contributed by atoms with Gasteiger partial charge in [-0.2, -0.15) is 5.26 Å². The maximum Gasteiger partial charge on any atom is 0.266 e. The number of hydrogen-bond donors (Lipinski definition) is 1. The summed E-state index contributed by atoms with van der Waals surface area (Å²) in [4.78, 5) is 15.1. The quantitative estimate of drug-likeness (QED) is 0.472. The number of nitriles is 1. The molecule has 3 rings (SSSR count). The monoisotopic (exact) mass is 421 g/mol. The molecule has 0 saturated carbocycles. The van der Waals surface area contributed by atoms with Gasteiger partial charge in [-0.3, -0.25) is 4.79 Å². The first-order valence-electron chi connectivity index (χ1n) is 10.1. The largest absolute Gasteiger partial charge is 0.369 e. The van der Waals surface area contributed by atoms with Crippen LogP contribution < -0.4 is 10.2 Å². The van der Waals surface area contributed by atoms with Crippen LogP contribution in [-0.2, 0) is 4.79 Å². The summed E-state index contributed by atoms with van der Waals surface area (Å²) < 4.78 is 0. The number of hydrogen-bond acceptors (Lipinski definition) is 3. The number of halogens is 1. The fourth-order valence-electron chi connectivity index (χ4n) is 4.13. The van der Waals surface area contributed by atoms with Gasteiger partial charge in [0.1, 0.15) is 11.6 Å². The molecule has 0 bridgehead atoms. The van der Waals surface area contributed by atoms with Gasteiger partial charge in [-0.25, -0.2) is 0 Å². The maximum atomic E-state index is 12.8. The Morgan fingerprint density at radius 3 is 2.70 bits per heavy atom. The van der Waals surface area contributed by atoms with Gasteiger partial charge in [-0.1, -0.05) is 24.6 Å². The molecule has 0 fully saturated rings. The van der Waals surface area contributed by atoms with Crippen LogP contribution in [0.25, 0.3) is 6.08 Å². The molecule has 1 N–H and O–H groups in total. The minimum atomic E-state index is -0.439. The van der Waals surface area contributed by atoms with E-state index in [1.54, 1.807) is 24.3 Å². The Kier molecular flexibility index (Phi) is 5.97. The van der Waals surface area contributed by atoms with Gasteiger partial charge >= 0.3 is 0 Å². The normalized spacial score (nSPS) is 17.9. The van der Waals surface area contributed by atoms with E-state index in [1.165, 1.54) is 11.3 Å². The maximum absolute atomic E-state index is 12.8. The third kappa shape index (κ3) is 4.08. The lowest BCUT2D eigenvalue weighted by Gasteiger charge is -2.45. The molecule has 0 radical (unpaired) electrons. The van der Waals surface area contributed by atoms with E-state index in [0.29, 0.717) is 16.6 Å². The second-order valence-electron chi connectivity index (χ2n) is 8.78. The lowest BCUT2D eigenvalue weighted by atomic mass is 9.79. The number of aryl methyl sites for hydroxylation is 1. The van der Waals surface area contributed by atoms with E-state index in [9.17, 15) is 10.1 Å². The van der Waals surface area contributed by atoms with Gasteiger partial charge in [-0.05, 0) is 92.6 Å². The number of nitrogens with one attached hydrogen (secondary N) is 1. The Morgan fingerprint density at radius 2 is 2.03 bits per heavy atom. The molecular weight excluding hydrogens is 394 g/mol. The van der Waals surface area contributed by atoms with Crippen molar-refractivity contribution in [3.8, 4) is 6.07 Å². The number of carbonyl (C=O) groups is 1. The van der Waals surface area contributed by atoms with E-state index in [4.69, 9.17) is 11.6 Å². The van der Waals surface area contributed by atoms with Gasteiger partial charge in [0.05, 0.1) is 0 Å². The van der Waals surface area contributed by atoms with Crippen LogP contribution >= 0.6 is 11.6 Å². The first-order valence-corrected chi connectivity index (χ1v) is 10.5. The number of rotatable bonds is 3. The van der Waals surface area contributed by atoms with E-state index < -0.39 is 5.91 Å². The van der Waals surface area contributed by atoms with Crippen LogP contribution in [0.3, 0.4) is 0 Å². The highest BCUT2D eigenvalue weighted by atomic mass is 35.5. The van der Waals surface area contributed by atoms with E-state index in [0.717, 1.165) is 23.1 Å². The molecule has 0 unspecified atom stereocenters. The van der Waals surface area contributed by atoms with Gasteiger partial charge in [0.15, 0.2) is 0 Å². The molecule has 2 aromatic rings. The van der Waals surface area contributed by atoms with Gasteiger partial charge < -0.3 is 10.2 Å². The van der Waals surface area contributed by atoms with Crippen LogP contribution in [-0.4, -0.2) is 18.5 Å². The molecule has 156 valence electrons. The van der Waals surface area contributed by atoms with Gasteiger partial charge in [0.2, 0.25) is 0 Å². The smallest absolute Gasteiger partial charge is 0.266 e. The third-order valence-electron chi connectivity index (χ3n) is 6.20. The fraction of sp³-hybridized carbons (Fsp3) is 0.360. The van der Waals surface area contributed by atoms with Crippen LogP contribution in [0.4, 0.5) is 11.4 Å². The molecule has 0 aliphatic carbocycles. The Bertz CT molecular complexity index is 1080. The van der Waals surface area contributed by atoms with Crippen LogP contribution in [0.15, 0.2) is 35.9 Å². The summed E-state index contributed by atoms with van der Waals surface area (Å²) in [5.74, 6) is -0.0429. The van der Waals surface area contributed by atoms with Crippen LogP contribution in [0.2, 0.25) is 5.02 Å². The number of benzene rings is 2. The topological polar surface area (TPSA) is 56.1 Å². The number of anilines is 2. The van der Waals surface area contributed by atoms with Crippen LogP contribution in [0, 0.1) is 25.2 Å². The first kappa shape index (κ1) is 21.9. The molecule has 0 saturated heterocycles. The first-order chi connectivity index (χ1) is 14.0. The Labute approximate surface area is 184 Å². The summed E-state index contributed by atoms with van der Waals surface area (Å²) in [6, 6.07) is 11.6. The molecule has 1 heterocycles. The van der Waals surface area contributed by atoms with Crippen LogP contribution in [0.1, 0.15) is 55.4 Å². The lowest BCUT2D eigenvalue weighted by Crippen LogP contribution is -2.45. The Balaban J connectivity index is 1.97. The zero-order chi connectivity index (χ0) is 22.2. The van der Waals surface area contributed by atoms with E-state index in [-0.39, 0.29) is 11.1 Å². The highest BCUT2D eigenvalue weighted by molar-refractivity contribution is 6.31. The van der Waals surface area contributed by atoms with Crippen LogP contribution in [0.5, 0.6) is 0 Å². The number of fused-ring (bicyclic) bond motifs is 1. The average Bonchev–Trinajstić information content (AvgIpc) is 2.68. The zero-order valence-electron chi connectivity index (χ0n) is 18.4. The number of nitrogens with zero attached hydrogens (tertiary/aromatic N) is 2. The molecule has 1 aliphatic rings. The summed E-state index contributed by atoms with van der Waals surface area (Å²) in [6.45, 7) is 10.6. The van der Waals surface area contributed by atoms with Crippen molar-refractivity contribution >= 4 is 35.0 Å². The predicted octanol–water partition coefficient (Wildman–Crippen LogP) is 6.22. The van der Waals surface area contributed by atoms with Gasteiger partial charge in [0, 0.05) is 29.0 Å². The van der Waals surface area contributed by atoms with Crippen molar-refractivity contribution in [2.24, 2.45) is 0 Å². The second-order valence-corrected chi connectivity index (χ2v) is 9.19. The van der Waals surface area contributed by atoms with Crippen molar-refractivity contribution in [3.63, 3.8) is 0 Å². The Morgan fingerprint density at radius 1 is 1.33 bits per heavy atom. The molecule has 1 atom stereocenters. The van der Waals surface area contributed by atoms with Crippen molar-refractivity contribution in [1.82, 2.24) is 0 Å². The molecule has 5 heteroatoms. The average molecular weight is 422 g/mol. The molecule has 2 aromatic carbocycles. The van der Waals surface area contributed by atoms with E-state index >= 15 is 0 Å². The van der Waals surface area contributed by atoms with E-state index in [1.807, 2.05) is 13.8 Å². The highest BCUT2D eigenvalue weighted by Gasteiger charge is 2.34. The summed E-state index contributed by atoms with van der Waals surface area (Å²) in [5, 5.41) is 13.0. The predicted molar refractivity (Wildman–Crippen MR) is 125 cm³/mol. The molecule has 4 nitrogen and oxygen atoms in total. The molecule has 1 aliphatic heterocycles. The minimum absolute atomic E-state index is 0.0644. The SMILES string of the molecule is Cc1cc2c(cc1/C=C(/C#N)C(=O)Nc1cccc(Cl)c1C)[C@H](C)CC(C)(C)N2C. The van der Waals surface area contributed by atoms with Gasteiger partial charge in [0.25, 0.3) is 5.91 Å². The second kappa shape index (κ2) is 8.16. The fourth-order valence-corrected chi connectivity index (χ4v) is 4.30. The summed E-state index contributed by atoms with van der Waals surface area (Å²) in [7, 11) is 2.13. The van der Waals surface area contributed by atoms with Crippen molar-refractivity contribution in [2.75, 3.05) is 17.3 Å². The Hall–Kier alpha value is -2.77. The summed E-state index contributed by atoms with van der Waals surface area (Å²) >= 11 is 6.14. The molecule has 0 aromatic heterocycles. The molecule has 0 spiro atoms. The minimum Gasteiger partial charge on any atom is -0.369 e. The van der Waals surface area contributed by atoms with E-state index in [2.05, 4.69) is 56.2 Å². The molecule has 30 heavy (non-hydrogen) atoms. The highest BCUT2D eigenvalue weighted by Crippen LogP contribution is 2.43.